The summed E-state index contributed by atoms with van der Waals surface area (Å²) in [6, 6.07) is 7.04. The van der Waals surface area contributed by atoms with Crippen molar-refractivity contribution in [2.75, 3.05) is 11.9 Å². The minimum absolute atomic E-state index is 0.268. The molecule has 136 valence electrons. The molecule has 25 heavy (non-hydrogen) atoms. The SMILES string of the molecule is CCCC1(CCC)NC(=O)N(CC(=O)Nc2ccc(CC)cc2)C1=O. The van der Waals surface area contributed by atoms with Gasteiger partial charge in [-0.05, 0) is 37.0 Å². The topological polar surface area (TPSA) is 78.5 Å². The largest absolute Gasteiger partial charge is 0.325 e. The molecule has 0 atom stereocenters. The lowest BCUT2D eigenvalue weighted by molar-refractivity contribution is -0.134. The van der Waals surface area contributed by atoms with Crippen molar-refractivity contribution in [3.05, 3.63) is 29.8 Å². The molecule has 1 saturated heterocycles. The van der Waals surface area contributed by atoms with Gasteiger partial charge in [0.25, 0.3) is 5.91 Å². The number of rotatable bonds is 8. The number of carbonyl (C=O) groups is 3. The van der Waals surface area contributed by atoms with Gasteiger partial charge in [0, 0.05) is 5.69 Å². The molecule has 0 saturated carbocycles. The number of imide groups is 1. The standard InChI is InChI=1S/C19H27N3O3/c1-4-11-19(12-5-2)17(24)22(18(25)21-19)13-16(23)20-15-9-7-14(6-3)8-10-15/h7-10H,4-6,11-13H2,1-3H3,(H,20,23)(H,21,25). The van der Waals surface area contributed by atoms with Crippen molar-refractivity contribution in [2.45, 2.75) is 58.4 Å². The van der Waals surface area contributed by atoms with Crippen LogP contribution in [-0.2, 0) is 16.0 Å². The summed E-state index contributed by atoms with van der Waals surface area (Å²) in [6.45, 7) is 5.75. The van der Waals surface area contributed by atoms with Crippen LogP contribution in [0.2, 0.25) is 0 Å². The number of hydrogen-bond acceptors (Lipinski definition) is 3. The van der Waals surface area contributed by atoms with Crippen molar-refractivity contribution >= 4 is 23.5 Å². The molecule has 0 bridgehead atoms. The quantitative estimate of drug-likeness (QED) is 0.711. The molecule has 1 aromatic rings. The van der Waals surface area contributed by atoms with Crippen molar-refractivity contribution in [3.63, 3.8) is 0 Å². The molecule has 6 heteroatoms. The zero-order valence-corrected chi connectivity index (χ0v) is 15.2. The van der Waals surface area contributed by atoms with Crippen LogP contribution in [0.15, 0.2) is 24.3 Å². The summed E-state index contributed by atoms with van der Waals surface area (Å²) in [7, 11) is 0. The lowest BCUT2D eigenvalue weighted by Crippen LogP contribution is -2.47. The molecular formula is C19H27N3O3. The second-order valence-corrected chi connectivity index (χ2v) is 6.50. The lowest BCUT2D eigenvalue weighted by atomic mass is 9.88. The van der Waals surface area contributed by atoms with Gasteiger partial charge in [0.1, 0.15) is 12.1 Å². The summed E-state index contributed by atoms with van der Waals surface area (Å²) in [5.41, 5.74) is 0.975. The number of amides is 4. The van der Waals surface area contributed by atoms with Crippen molar-refractivity contribution in [1.82, 2.24) is 10.2 Å². The molecule has 1 aromatic carbocycles. The van der Waals surface area contributed by atoms with Gasteiger partial charge >= 0.3 is 6.03 Å². The lowest BCUT2D eigenvalue weighted by Gasteiger charge is -2.25. The maximum atomic E-state index is 12.8. The van der Waals surface area contributed by atoms with Crippen molar-refractivity contribution in [2.24, 2.45) is 0 Å². The Labute approximate surface area is 149 Å². The van der Waals surface area contributed by atoms with E-state index in [0.717, 1.165) is 24.2 Å². The average Bonchev–Trinajstić information content (AvgIpc) is 2.80. The molecule has 1 fully saturated rings. The molecule has 2 N–H and O–H groups in total. The van der Waals surface area contributed by atoms with E-state index in [1.807, 2.05) is 38.1 Å². The summed E-state index contributed by atoms with van der Waals surface area (Å²) in [5, 5.41) is 5.55. The van der Waals surface area contributed by atoms with Gasteiger partial charge in [-0.3, -0.25) is 14.5 Å². The number of nitrogens with zero attached hydrogens (tertiary/aromatic N) is 1. The van der Waals surface area contributed by atoms with Crippen LogP contribution in [0.5, 0.6) is 0 Å². The van der Waals surface area contributed by atoms with Gasteiger partial charge in [-0.25, -0.2) is 4.79 Å². The molecule has 0 aromatic heterocycles. The molecule has 1 aliphatic rings. The minimum atomic E-state index is -0.858. The van der Waals surface area contributed by atoms with E-state index in [0.29, 0.717) is 18.5 Å². The number of aryl methyl sites for hydroxylation is 1. The number of benzene rings is 1. The van der Waals surface area contributed by atoms with E-state index in [-0.39, 0.29) is 18.4 Å². The van der Waals surface area contributed by atoms with Crippen molar-refractivity contribution < 1.29 is 14.4 Å². The summed E-state index contributed by atoms with van der Waals surface area (Å²) < 4.78 is 0. The van der Waals surface area contributed by atoms with Gasteiger partial charge in [0.15, 0.2) is 0 Å². The van der Waals surface area contributed by atoms with Crippen LogP contribution in [0.25, 0.3) is 0 Å². The highest BCUT2D eigenvalue weighted by molar-refractivity contribution is 6.10. The van der Waals surface area contributed by atoms with Crippen LogP contribution >= 0.6 is 0 Å². The first-order valence-corrected chi connectivity index (χ1v) is 8.98. The van der Waals surface area contributed by atoms with E-state index in [1.165, 1.54) is 5.56 Å². The predicted molar refractivity (Wildman–Crippen MR) is 97.2 cm³/mol. The van der Waals surface area contributed by atoms with Gasteiger partial charge in [-0.15, -0.1) is 0 Å². The molecule has 0 aliphatic carbocycles. The van der Waals surface area contributed by atoms with Crippen molar-refractivity contribution in [1.29, 1.82) is 0 Å². The van der Waals surface area contributed by atoms with Gasteiger partial charge in [-0.1, -0.05) is 45.7 Å². The number of anilines is 1. The van der Waals surface area contributed by atoms with E-state index >= 15 is 0 Å². The fourth-order valence-corrected chi connectivity index (χ4v) is 3.31. The van der Waals surface area contributed by atoms with Gasteiger partial charge in [-0.2, -0.15) is 0 Å². The Balaban J connectivity index is 2.04. The smallest absolute Gasteiger partial charge is 0.325 e. The number of hydrogen-bond donors (Lipinski definition) is 2. The second-order valence-electron chi connectivity index (χ2n) is 6.50. The highest BCUT2D eigenvalue weighted by Crippen LogP contribution is 2.28. The van der Waals surface area contributed by atoms with E-state index in [2.05, 4.69) is 17.6 Å². The van der Waals surface area contributed by atoms with Crippen LogP contribution in [0.1, 0.15) is 52.0 Å². The van der Waals surface area contributed by atoms with Crippen molar-refractivity contribution in [3.8, 4) is 0 Å². The van der Waals surface area contributed by atoms with Crippen LogP contribution in [-0.4, -0.2) is 34.8 Å². The number of nitrogens with one attached hydrogen (secondary N) is 2. The maximum absolute atomic E-state index is 12.8. The third-order valence-corrected chi connectivity index (χ3v) is 4.55. The summed E-state index contributed by atoms with van der Waals surface area (Å²) in [5.74, 6) is -0.672. The normalized spacial score (nSPS) is 16.0. The second kappa shape index (κ2) is 8.14. The Morgan fingerprint density at radius 3 is 2.20 bits per heavy atom. The van der Waals surface area contributed by atoms with Gasteiger partial charge < -0.3 is 10.6 Å². The van der Waals surface area contributed by atoms with Crippen LogP contribution in [0, 0.1) is 0 Å². The van der Waals surface area contributed by atoms with E-state index in [4.69, 9.17) is 0 Å². The Morgan fingerprint density at radius 1 is 1.08 bits per heavy atom. The highest BCUT2D eigenvalue weighted by Gasteiger charge is 2.50. The zero-order valence-electron chi connectivity index (χ0n) is 15.2. The van der Waals surface area contributed by atoms with E-state index in [9.17, 15) is 14.4 Å². The average molecular weight is 345 g/mol. The molecule has 0 radical (unpaired) electrons. The Hall–Kier alpha value is -2.37. The third kappa shape index (κ3) is 4.18. The van der Waals surface area contributed by atoms with Crippen LogP contribution in [0.4, 0.5) is 10.5 Å². The van der Waals surface area contributed by atoms with E-state index in [1.54, 1.807) is 0 Å². The van der Waals surface area contributed by atoms with Crippen LogP contribution < -0.4 is 10.6 Å². The fraction of sp³-hybridized carbons (Fsp3) is 0.526. The first-order valence-electron chi connectivity index (χ1n) is 8.98. The minimum Gasteiger partial charge on any atom is -0.325 e. The van der Waals surface area contributed by atoms with Gasteiger partial charge in [0.2, 0.25) is 5.91 Å². The summed E-state index contributed by atoms with van der Waals surface area (Å²) >= 11 is 0. The maximum Gasteiger partial charge on any atom is 0.325 e. The molecule has 1 heterocycles. The number of urea groups is 1. The first-order chi connectivity index (χ1) is 12.0. The Bertz CT molecular complexity index is 634. The first kappa shape index (κ1) is 19.0. The predicted octanol–water partition coefficient (Wildman–Crippen LogP) is 3.08. The molecule has 0 spiro atoms. The molecule has 1 aliphatic heterocycles. The van der Waals surface area contributed by atoms with Crippen LogP contribution in [0.3, 0.4) is 0 Å². The summed E-state index contributed by atoms with van der Waals surface area (Å²) in [6.07, 6.45) is 3.67. The third-order valence-electron chi connectivity index (χ3n) is 4.55. The Kier molecular flexibility index (Phi) is 6.17. The number of carbonyl (C=O) groups excluding carboxylic acids is 3. The monoisotopic (exact) mass is 345 g/mol. The molecule has 4 amide bonds. The Morgan fingerprint density at radius 2 is 1.68 bits per heavy atom. The zero-order chi connectivity index (χ0) is 18.4. The van der Waals surface area contributed by atoms with E-state index < -0.39 is 11.6 Å². The molecule has 2 rings (SSSR count). The molecular weight excluding hydrogens is 318 g/mol. The molecule has 6 nitrogen and oxygen atoms in total. The molecule has 0 unspecified atom stereocenters. The fourth-order valence-electron chi connectivity index (χ4n) is 3.31. The van der Waals surface area contributed by atoms with Gasteiger partial charge in [0.05, 0.1) is 0 Å². The summed E-state index contributed by atoms with van der Waals surface area (Å²) in [4.78, 5) is 38.3. The highest BCUT2D eigenvalue weighted by atomic mass is 16.2.